The second-order valence-electron chi connectivity index (χ2n) is 9.48. The molecule has 3 aromatic carbocycles. The lowest BCUT2D eigenvalue weighted by Gasteiger charge is -2.20. The number of methoxy groups -OCH3 is 1. The molecule has 0 fully saturated rings. The summed E-state index contributed by atoms with van der Waals surface area (Å²) in [5.41, 5.74) is 0.566. The highest BCUT2D eigenvalue weighted by Gasteiger charge is 2.31. The molecule has 1 aliphatic rings. The van der Waals surface area contributed by atoms with Crippen molar-refractivity contribution in [1.82, 2.24) is 4.57 Å². The smallest absolute Gasteiger partial charge is 0.260 e. The largest absolute Gasteiger partial charge is 0.494 e. The van der Waals surface area contributed by atoms with Gasteiger partial charge in [0.1, 0.15) is 11.6 Å². The van der Waals surface area contributed by atoms with Crippen LogP contribution in [0.15, 0.2) is 81.0 Å². The van der Waals surface area contributed by atoms with E-state index in [0.29, 0.717) is 27.7 Å². The van der Waals surface area contributed by atoms with Gasteiger partial charge in [-0.1, -0.05) is 35.5 Å². The Balaban J connectivity index is 1.48. The van der Waals surface area contributed by atoms with E-state index in [1.54, 1.807) is 13.0 Å². The Morgan fingerprint density at radius 1 is 1.00 bits per heavy atom. The zero-order chi connectivity index (χ0) is 28.7. The third-order valence-electron chi connectivity index (χ3n) is 7.16. The maximum absolute atomic E-state index is 15.5. The van der Waals surface area contributed by atoms with E-state index in [1.807, 2.05) is 29.6 Å². The van der Waals surface area contributed by atoms with Gasteiger partial charge in [-0.3, -0.25) is 9.36 Å². The molecule has 208 valence electrons. The number of oxime groups is 1. The molecule has 1 aliphatic heterocycles. The average molecular weight is 593 g/mol. The van der Waals surface area contributed by atoms with Crippen molar-refractivity contribution in [3.8, 4) is 22.6 Å². The van der Waals surface area contributed by atoms with Crippen LogP contribution in [0.2, 0.25) is 0 Å². The quantitative estimate of drug-likeness (QED) is 0.143. The molecule has 3 heterocycles. The normalized spacial score (nSPS) is 14.6. The minimum atomic E-state index is -0.694. The summed E-state index contributed by atoms with van der Waals surface area (Å²) in [6.45, 7) is 1.68. The molecule has 0 saturated carbocycles. The minimum absolute atomic E-state index is 0.0163. The molecule has 1 unspecified atom stereocenters. The summed E-state index contributed by atoms with van der Waals surface area (Å²) in [6, 6.07) is 15.5. The van der Waals surface area contributed by atoms with Crippen molar-refractivity contribution in [3.05, 3.63) is 111 Å². The molecule has 10 heteroatoms. The monoisotopic (exact) mass is 592 g/mol. The molecule has 41 heavy (non-hydrogen) atoms. The Hall–Kier alpha value is -4.02. The van der Waals surface area contributed by atoms with Gasteiger partial charge >= 0.3 is 0 Å². The number of rotatable bonds is 7. The van der Waals surface area contributed by atoms with Crippen LogP contribution in [0.3, 0.4) is 0 Å². The molecule has 5 aromatic rings. The Morgan fingerprint density at radius 2 is 1.76 bits per heavy atom. The first-order valence-electron chi connectivity index (χ1n) is 12.7. The Bertz CT molecular complexity index is 1860. The van der Waals surface area contributed by atoms with Gasteiger partial charge in [-0.15, -0.1) is 23.1 Å². The summed E-state index contributed by atoms with van der Waals surface area (Å²) in [7, 11) is 1.34. The van der Waals surface area contributed by atoms with Crippen LogP contribution < -0.4 is 15.1 Å². The van der Waals surface area contributed by atoms with Crippen molar-refractivity contribution in [3.63, 3.8) is 0 Å². The van der Waals surface area contributed by atoms with Gasteiger partial charge in [0, 0.05) is 38.8 Å². The lowest BCUT2D eigenvalue weighted by Crippen LogP contribution is -2.28. The molecule has 1 atom stereocenters. The first-order chi connectivity index (χ1) is 19.9. The van der Waals surface area contributed by atoms with Crippen LogP contribution in [0.25, 0.3) is 21.2 Å². The van der Waals surface area contributed by atoms with Crippen LogP contribution in [-0.4, -0.2) is 23.6 Å². The number of benzene rings is 3. The van der Waals surface area contributed by atoms with Crippen molar-refractivity contribution in [2.45, 2.75) is 24.4 Å². The standard InChI is InChI=1S/C31H23F3N2O3S2/c1-17-21(13-22-23(32)9-6-10-24(22)33)31-36(30(37)28(17)20-8-5-11-25(38-2)29(20)34)18(15-41-31)14-35-39-26-16-40-27-12-4-3-7-19(26)27/h3-12,14,16,18H,13,15H2,1-2H3/b35-14+. The second kappa shape index (κ2) is 11.1. The molecule has 0 spiro atoms. The van der Waals surface area contributed by atoms with Crippen molar-refractivity contribution in [2.75, 3.05) is 12.9 Å². The van der Waals surface area contributed by atoms with E-state index >= 15 is 4.39 Å². The summed E-state index contributed by atoms with van der Waals surface area (Å²) in [6.07, 6.45) is 1.42. The van der Waals surface area contributed by atoms with Crippen LogP contribution in [0.4, 0.5) is 13.2 Å². The summed E-state index contributed by atoms with van der Waals surface area (Å²) in [5.74, 6) is -1.07. The van der Waals surface area contributed by atoms with Gasteiger partial charge in [-0.25, -0.2) is 13.2 Å². The van der Waals surface area contributed by atoms with Crippen molar-refractivity contribution >= 4 is 39.4 Å². The number of nitrogens with zero attached hydrogens (tertiary/aromatic N) is 2. The van der Waals surface area contributed by atoms with Crippen molar-refractivity contribution < 1.29 is 22.7 Å². The van der Waals surface area contributed by atoms with E-state index in [-0.39, 0.29) is 28.9 Å². The fourth-order valence-electron chi connectivity index (χ4n) is 5.08. The second-order valence-corrected chi connectivity index (χ2v) is 11.4. The van der Waals surface area contributed by atoms with E-state index in [0.717, 1.165) is 10.1 Å². The van der Waals surface area contributed by atoms with Gasteiger partial charge in [0.2, 0.25) is 0 Å². The van der Waals surface area contributed by atoms with Gasteiger partial charge < -0.3 is 9.57 Å². The van der Waals surface area contributed by atoms with E-state index in [4.69, 9.17) is 9.57 Å². The van der Waals surface area contributed by atoms with Gasteiger partial charge in [0.15, 0.2) is 17.3 Å². The molecule has 6 rings (SSSR count). The predicted octanol–water partition coefficient (Wildman–Crippen LogP) is 7.77. The topological polar surface area (TPSA) is 52.8 Å². The van der Waals surface area contributed by atoms with Gasteiger partial charge in [0.25, 0.3) is 5.56 Å². The first kappa shape index (κ1) is 27.2. The van der Waals surface area contributed by atoms with E-state index < -0.39 is 29.1 Å². The molecule has 0 saturated heterocycles. The maximum Gasteiger partial charge on any atom is 0.260 e. The van der Waals surface area contributed by atoms with Crippen LogP contribution >= 0.6 is 23.1 Å². The lowest BCUT2D eigenvalue weighted by molar-refractivity contribution is 0.346. The number of hydrogen-bond acceptors (Lipinski definition) is 6. The van der Waals surface area contributed by atoms with E-state index in [2.05, 4.69) is 5.16 Å². The van der Waals surface area contributed by atoms with Crippen LogP contribution in [0.5, 0.6) is 11.5 Å². The molecular formula is C31H23F3N2O3S2. The summed E-state index contributed by atoms with van der Waals surface area (Å²) >= 11 is 2.92. The minimum Gasteiger partial charge on any atom is -0.494 e. The number of ether oxygens (including phenoxy) is 1. The molecule has 0 radical (unpaired) electrons. The third kappa shape index (κ3) is 4.81. The molecular weight excluding hydrogens is 569 g/mol. The number of aromatic nitrogens is 1. The lowest BCUT2D eigenvalue weighted by atomic mass is 9.94. The van der Waals surface area contributed by atoms with Crippen LogP contribution in [0.1, 0.15) is 22.7 Å². The molecule has 2 aromatic heterocycles. The molecule has 0 bridgehead atoms. The Morgan fingerprint density at radius 3 is 2.54 bits per heavy atom. The zero-order valence-corrected chi connectivity index (χ0v) is 23.6. The third-order valence-corrected chi connectivity index (χ3v) is 9.32. The molecule has 5 nitrogen and oxygen atoms in total. The van der Waals surface area contributed by atoms with E-state index in [9.17, 15) is 13.6 Å². The van der Waals surface area contributed by atoms with Gasteiger partial charge in [0.05, 0.1) is 30.0 Å². The van der Waals surface area contributed by atoms with Crippen molar-refractivity contribution in [2.24, 2.45) is 5.16 Å². The number of thiophene rings is 1. The summed E-state index contributed by atoms with van der Waals surface area (Å²) in [4.78, 5) is 19.7. The maximum atomic E-state index is 15.5. The average Bonchev–Trinajstić information content (AvgIpc) is 3.58. The highest BCUT2D eigenvalue weighted by Crippen LogP contribution is 2.40. The Kier molecular flexibility index (Phi) is 7.35. The van der Waals surface area contributed by atoms with Crippen LogP contribution in [0, 0.1) is 24.4 Å². The Labute approximate surface area is 241 Å². The number of fused-ring (bicyclic) bond motifs is 2. The predicted molar refractivity (Wildman–Crippen MR) is 157 cm³/mol. The molecule has 0 N–H and O–H groups in total. The molecule has 0 aliphatic carbocycles. The summed E-state index contributed by atoms with van der Waals surface area (Å²) in [5, 5.41) is 7.53. The first-order valence-corrected chi connectivity index (χ1v) is 14.6. The number of halogens is 3. The molecule has 0 amide bonds. The fraction of sp³-hybridized carbons (Fsp3) is 0.161. The van der Waals surface area contributed by atoms with Gasteiger partial charge in [-0.2, -0.15) is 0 Å². The summed E-state index contributed by atoms with van der Waals surface area (Å²) < 4.78 is 52.7. The number of pyridine rings is 1. The van der Waals surface area contributed by atoms with Crippen molar-refractivity contribution in [1.29, 1.82) is 0 Å². The zero-order valence-electron chi connectivity index (χ0n) is 22.0. The van der Waals surface area contributed by atoms with Gasteiger partial charge in [-0.05, 0) is 48.4 Å². The fourth-order valence-corrected chi connectivity index (χ4v) is 7.26. The van der Waals surface area contributed by atoms with E-state index in [1.165, 1.54) is 71.3 Å². The number of hydrogen-bond donors (Lipinski definition) is 0. The highest BCUT2D eigenvalue weighted by molar-refractivity contribution is 7.99. The highest BCUT2D eigenvalue weighted by atomic mass is 32.2. The SMILES string of the molecule is COc1cccc(-c2c(C)c(Cc3c(F)cccc3F)c3n(c2=O)C(/C=N/Oc2csc4ccccc24)CS3)c1F. The number of thioether (sulfide) groups is 1. The van der Waals surface area contributed by atoms with Crippen LogP contribution in [-0.2, 0) is 6.42 Å².